The van der Waals surface area contributed by atoms with Crippen LogP contribution >= 0.6 is 11.6 Å². The van der Waals surface area contributed by atoms with Crippen LogP contribution in [0.1, 0.15) is 18.5 Å². The third kappa shape index (κ3) is 1.88. The molecule has 1 aliphatic rings. The molecule has 0 spiro atoms. The van der Waals surface area contributed by atoms with Gasteiger partial charge < -0.3 is 20.3 Å². The van der Waals surface area contributed by atoms with Gasteiger partial charge in [-0.05, 0) is 18.6 Å². The Hall–Kier alpha value is -0.970. The van der Waals surface area contributed by atoms with Crippen LogP contribution in [-0.2, 0) is 0 Å². The van der Waals surface area contributed by atoms with Gasteiger partial charge >= 0.3 is 0 Å². The summed E-state index contributed by atoms with van der Waals surface area (Å²) in [4.78, 5) is 0. The van der Waals surface area contributed by atoms with Gasteiger partial charge in [-0.3, -0.25) is 0 Å². The second-order valence-electron chi connectivity index (χ2n) is 3.49. The number of hydrogen-bond donors (Lipinski definition) is 2. The van der Waals surface area contributed by atoms with E-state index in [1.54, 1.807) is 19.1 Å². The van der Waals surface area contributed by atoms with Gasteiger partial charge in [0.15, 0.2) is 11.5 Å². The van der Waals surface area contributed by atoms with E-state index in [9.17, 15) is 5.11 Å². The summed E-state index contributed by atoms with van der Waals surface area (Å²) in [7, 11) is 0. The van der Waals surface area contributed by atoms with Crippen LogP contribution in [0.25, 0.3) is 0 Å². The van der Waals surface area contributed by atoms with Gasteiger partial charge in [-0.2, -0.15) is 0 Å². The van der Waals surface area contributed by atoms with Gasteiger partial charge in [-0.25, -0.2) is 0 Å². The Balaban J connectivity index is 2.40. The quantitative estimate of drug-likeness (QED) is 0.806. The van der Waals surface area contributed by atoms with Crippen LogP contribution in [0.15, 0.2) is 12.1 Å². The van der Waals surface area contributed by atoms with Crippen molar-refractivity contribution in [1.82, 2.24) is 0 Å². The molecule has 82 valence electrons. The minimum atomic E-state index is -0.664. The normalized spacial score (nSPS) is 17.6. The van der Waals surface area contributed by atoms with Gasteiger partial charge in [0, 0.05) is 11.1 Å². The molecule has 1 aliphatic heterocycles. The Bertz CT molecular complexity index is 381. The van der Waals surface area contributed by atoms with E-state index in [0.29, 0.717) is 22.1 Å². The zero-order valence-electron chi connectivity index (χ0n) is 8.24. The van der Waals surface area contributed by atoms with Gasteiger partial charge in [0.25, 0.3) is 0 Å². The van der Waals surface area contributed by atoms with E-state index in [1.807, 2.05) is 0 Å². The largest absolute Gasteiger partial charge is 0.454 e. The average Bonchev–Trinajstić information content (AvgIpc) is 2.62. The van der Waals surface area contributed by atoms with Crippen LogP contribution in [0, 0.1) is 0 Å². The van der Waals surface area contributed by atoms with Crippen molar-refractivity contribution >= 4 is 11.6 Å². The van der Waals surface area contributed by atoms with Gasteiger partial charge in [-0.1, -0.05) is 11.6 Å². The van der Waals surface area contributed by atoms with Crippen LogP contribution < -0.4 is 15.2 Å². The number of ether oxygens (including phenoxy) is 2. The van der Waals surface area contributed by atoms with Gasteiger partial charge in [0.05, 0.1) is 12.1 Å². The molecule has 0 aliphatic carbocycles. The first-order valence-electron chi connectivity index (χ1n) is 4.62. The van der Waals surface area contributed by atoms with Gasteiger partial charge in [0.1, 0.15) is 0 Å². The number of hydrogen-bond acceptors (Lipinski definition) is 4. The number of nitrogens with two attached hydrogens (primary N) is 1. The summed E-state index contributed by atoms with van der Waals surface area (Å²) >= 11 is 6.02. The molecule has 0 bridgehead atoms. The van der Waals surface area contributed by atoms with Crippen LogP contribution in [0.4, 0.5) is 0 Å². The maximum atomic E-state index is 9.39. The molecule has 0 fully saturated rings. The molecule has 4 nitrogen and oxygen atoms in total. The first kappa shape index (κ1) is 10.5. The molecule has 15 heavy (non-hydrogen) atoms. The van der Waals surface area contributed by atoms with Crippen LogP contribution in [-0.4, -0.2) is 18.0 Å². The molecule has 2 rings (SSSR count). The average molecular weight is 230 g/mol. The molecule has 3 N–H and O–H groups in total. The third-order valence-electron chi connectivity index (χ3n) is 2.37. The highest BCUT2D eigenvalue weighted by Gasteiger charge is 2.21. The first-order valence-corrected chi connectivity index (χ1v) is 5.00. The second kappa shape index (κ2) is 3.89. The Labute approximate surface area is 92.5 Å². The van der Waals surface area contributed by atoms with E-state index in [2.05, 4.69) is 0 Å². The number of halogens is 1. The summed E-state index contributed by atoms with van der Waals surface area (Å²) in [6.07, 6.45) is -0.664. The Morgan fingerprint density at radius 2 is 2.00 bits per heavy atom. The third-order valence-corrected chi connectivity index (χ3v) is 2.70. The molecule has 0 unspecified atom stereocenters. The van der Waals surface area contributed by atoms with E-state index in [0.717, 1.165) is 0 Å². The minimum Gasteiger partial charge on any atom is -0.454 e. The van der Waals surface area contributed by atoms with E-state index in [1.165, 1.54) is 0 Å². The Kier molecular flexibility index (Phi) is 2.73. The Morgan fingerprint density at radius 3 is 2.60 bits per heavy atom. The molecule has 5 heteroatoms. The molecule has 0 amide bonds. The SMILES string of the molecule is C[C@@H](O)[C@@H](N)c1cc2c(cc1Cl)OCO2. The van der Waals surface area contributed by atoms with Crippen molar-refractivity contribution in [3.63, 3.8) is 0 Å². The number of benzene rings is 1. The van der Waals surface area contributed by atoms with Crippen LogP contribution in [0.2, 0.25) is 5.02 Å². The molecule has 1 heterocycles. The van der Waals surface area contributed by atoms with Gasteiger partial charge in [-0.15, -0.1) is 0 Å². The van der Waals surface area contributed by atoms with Crippen molar-refractivity contribution in [3.8, 4) is 11.5 Å². The fraction of sp³-hybridized carbons (Fsp3) is 0.400. The lowest BCUT2D eigenvalue weighted by Crippen LogP contribution is -2.23. The zero-order chi connectivity index (χ0) is 11.0. The maximum Gasteiger partial charge on any atom is 0.231 e. The zero-order valence-corrected chi connectivity index (χ0v) is 8.99. The highest BCUT2D eigenvalue weighted by molar-refractivity contribution is 6.31. The smallest absolute Gasteiger partial charge is 0.231 e. The lowest BCUT2D eigenvalue weighted by Gasteiger charge is -2.16. The fourth-order valence-corrected chi connectivity index (χ4v) is 1.73. The van der Waals surface area contributed by atoms with Crippen molar-refractivity contribution in [2.45, 2.75) is 19.1 Å². The van der Waals surface area contributed by atoms with E-state index >= 15 is 0 Å². The number of aliphatic hydroxyl groups is 1. The Morgan fingerprint density at radius 1 is 1.40 bits per heavy atom. The fourth-order valence-electron chi connectivity index (χ4n) is 1.45. The number of rotatable bonds is 2. The summed E-state index contributed by atoms with van der Waals surface area (Å²) in [5.74, 6) is 1.23. The highest BCUT2D eigenvalue weighted by atomic mass is 35.5. The van der Waals surface area contributed by atoms with E-state index in [-0.39, 0.29) is 6.79 Å². The van der Waals surface area contributed by atoms with E-state index in [4.69, 9.17) is 26.8 Å². The minimum absolute atomic E-state index is 0.193. The van der Waals surface area contributed by atoms with Crippen molar-refractivity contribution in [3.05, 3.63) is 22.7 Å². The van der Waals surface area contributed by atoms with Crippen LogP contribution in [0.5, 0.6) is 11.5 Å². The standard InChI is InChI=1S/C10H12ClNO3/c1-5(13)10(12)6-2-8-9(3-7(6)11)15-4-14-8/h2-3,5,10,13H,4,12H2,1H3/t5-,10-/m1/s1. The van der Waals surface area contributed by atoms with Crippen molar-refractivity contribution in [1.29, 1.82) is 0 Å². The maximum absolute atomic E-state index is 9.39. The number of aliphatic hydroxyl groups excluding tert-OH is 1. The molecular formula is C10H12ClNO3. The summed E-state index contributed by atoms with van der Waals surface area (Å²) in [5, 5.41) is 9.87. The summed E-state index contributed by atoms with van der Waals surface area (Å²) in [5.41, 5.74) is 6.46. The lowest BCUT2D eigenvalue weighted by molar-refractivity contribution is 0.164. The molecule has 0 saturated heterocycles. The van der Waals surface area contributed by atoms with Crippen LogP contribution in [0.3, 0.4) is 0 Å². The molecule has 1 aromatic rings. The molecule has 2 atom stereocenters. The molecule has 0 aromatic heterocycles. The summed E-state index contributed by atoms with van der Waals surface area (Å²) in [6.45, 7) is 1.81. The second-order valence-corrected chi connectivity index (χ2v) is 3.90. The first-order chi connectivity index (χ1) is 7.09. The number of fused-ring (bicyclic) bond motifs is 1. The molecular weight excluding hydrogens is 218 g/mol. The predicted octanol–water partition coefficient (Wildman–Crippen LogP) is 1.45. The van der Waals surface area contributed by atoms with Gasteiger partial charge in [0.2, 0.25) is 6.79 Å². The summed E-state index contributed by atoms with van der Waals surface area (Å²) in [6, 6.07) is 2.84. The highest BCUT2D eigenvalue weighted by Crippen LogP contribution is 2.38. The van der Waals surface area contributed by atoms with Crippen molar-refractivity contribution < 1.29 is 14.6 Å². The van der Waals surface area contributed by atoms with Crippen molar-refractivity contribution in [2.24, 2.45) is 5.73 Å². The molecule has 0 saturated carbocycles. The van der Waals surface area contributed by atoms with Crippen molar-refractivity contribution in [2.75, 3.05) is 6.79 Å². The lowest BCUT2D eigenvalue weighted by atomic mass is 10.0. The van der Waals surface area contributed by atoms with E-state index < -0.39 is 12.1 Å². The topological polar surface area (TPSA) is 64.7 Å². The summed E-state index contributed by atoms with van der Waals surface area (Å²) < 4.78 is 10.4. The molecule has 1 aromatic carbocycles. The molecule has 0 radical (unpaired) electrons. The predicted molar refractivity (Wildman–Crippen MR) is 56.2 cm³/mol. The monoisotopic (exact) mass is 229 g/mol.